The molecule has 1 aromatic carbocycles. The number of aromatic nitrogens is 2. The Hall–Kier alpha value is -3.91. The molecular formula is C25H35N7O6S. The van der Waals surface area contributed by atoms with Gasteiger partial charge < -0.3 is 37.5 Å². The average Bonchev–Trinajstić information content (AvgIpc) is 3.41. The molecule has 14 heteroatoms. The first kappa shape index (κ1) is 31.3. The number of nitrogens with zero attached hydrogens (tertiary/aromatic N) is 1. The van der Waals surface area contributed by atoms with Crippen molar-refractivity contribution in [1.29, 1.82) is 0 Å². The molecule has 9 N–H and O–H groups in total. The molecule has 1 aromatic heterocycles. The topological polar surface area (TPSA) is 222 Å². The number of imidazole rings is 1. The second-order valence-corrected chi connectivity index (χ2v) is 9.87. The zero-order valence-corrected chi connectivity index (χ0v) is 22.4. The van der Waals surface area contributed by atoms with E-state index in [1.807, 2.05) is 36.6 Å². The molecule has 0 aliphatic carbocycles. The molecule has 4 atom stereocenters. The van der Waals surface area contributed by atoms with E-state index < -0.39 is 53.8 Å². The lowest BCUT2D eigenvalue weighted by atomic mass is 10.0. The summed E-state index contributed by atoms with van der Waals surface area (Å²) < 4.78 is 0. The van der Waals surface area contributed by atoms with Crippen LogP contribution in [0.5, 0.6) is 0 Å². The molecule has 4 unspecified atom stereocenters. The van der Waals surface area contributed by atoms with E-state index >= 15 is 0 Å². The van der Waals surface area contributed by atoms with Gasteiger partial charge in [0.05, 0.1) is 12.4 Å². The fourth-order valence-electron chi connectivity index (χ4n) is 3.66. The largest absolute Gasteiger partial charge is 0.480 e. The molecule has 0 spiro atoms. The number of nitrogens with two attached hydrogens (primary N) is 2. The summed E-state index contributed by atoms with van der Waals surface area (Å²) in [5.41, 5.74) is 12.6. The maximum absolute atomic E-state index is 13.3. The highest BCUT2D eigenvalue weighted by molar-refractivity contribution is 7.98. The van der Waals surface area contributed by atoms with Crippen LogP contribution in [0.1, 0.15) is 30.5 Å². The van der Waals surface area contributed by atoms with Crippen molar-refractivity contribution in [2.24, 2.45) is 11.5 Å². The molecule has 0 saturated carbocycles. The van der Waals surface area contributed by atoms with Crippen LogP contribution in [0.15, 0.2) is 42.9 Å². The fraction of sp³-hybridized carbons (Fsp3) is 0.440. The molecule has 0 aliphatic rings. The second-order valence-electron chi connectivity index (χ2n) is 8.89. The molecule has 4 amide bonds. The number of rotatable bonds is 17. The number of carboxylic acid groups (broad SMARTS) is 1. The molecular weight excluding hydrogens is 526 g/mol. The fourth-order valence-corrected chi connectivity index (χ4v) is 4.13. The van der Waals surface area contributed by atoms with E-state index in [0.29, 0.717) is 11.4 Å². The summed E-state index contributed by atoms with van der Waals surface area (Å²) >= 11 is 1.43. The SMILES string of the molecule is CSCCC(NC(=O)C(Cc1cnc[nH]1)NC(=O)C(N)Cc1ccccc1)C(=O)NC(CCC(N)=O)C(=O)O. The molecule has 0 radical (unpaired) electrons. The van der Waals surface area contributed by atoms with Crippen LogP contribution in [0, 0.1) is 0 Å². The van der Waals surface area contributed by atoms with Crippen molar-refractivity contribution >= 4 is 41.4 Å². The molecule has 2 aromatic rings. The second kappa shape index (κ2) is 16.1. The van der Waals surface area contributed by atoms with Crippen molar-refractivity contribution in [3.63, 3.8) is 0 Å². The molecule has 39 heavy (non-hydrogen) atoms. The maximum atomic E-state index is 13.3. The van der Waals surface area contributed by atoms with Crippen molar-refractivity contribution in [3.05, 3.63) is 54.1 Å². The number of aliphatic carboxylic acids is 1. The number of carbonyl (C=O) groups excluding carboxylic acids is 4. The summed E-state index contributed by atoms with van der Waals surface area (Å²) in [4.78, 5) is 68.7. The van der Waals surface area contributed by atoms with Crippen LogP contribution in [0.3, 0.4) is 0 Å². The van der Waals surface area contributed by atoms with E-state index in [1.165, 1.54) is 24.3 Å². The summed E-state index contributed by atoms with van der Waals surface area (Å²) in [6.07, 6.45) is 4.81. The van der Waals surface area contributed by atoms with Gasteiger partial charge in [0, 0.05) is 24.7 Å². The van der Waals surface area contributed by atoms with Crippen LogP contribution in [-0.2, 0) is 36.8 Å². The van der Waals surface area contributed by atoms with Gasteiger partial charge in [0.15, 0.2) is 0 Å². The van der Waals surface area contributed by atoms with Crippen LogP contribution >= 0.6 is 11.8 Å². The number of aromatic amines is 1. The summed E-state index contributed by atoms with van der Waals surface area (Å²) in [6, 6.07) is 4.69. The molecule has 212 valence electrons. The lowest BCUT2D eigenvalue weighted by molar-refractivity contribution is -0.142. The van der Waals surface area contributed by atoms with Crippen molar-refractivity contribution in [2.75, 3.05) is 12.0 Å². The minimum atomic E-state index is -1.37. The van der Waals surface area contributed by atoms with Crippen LogP contribution in [0.25, 0.3) is 0 Å². The lowest BCUT2D eigenvalue weighted by Gasteiger charge is -2.25. The highest BCUT2D eigenvalue weighted by atomic mass is 32.2. The third kappa shape index (κ3) is 11.2. The van der Waals surface area contributed by atoms with Gasteiger partial charge in [-0.25, -0.2) is 9.78 Å². The van der Waals surface area contributed by atoms with Crippen molar-refractivity contribution in [1.82, 2.24) is 25.9 Å². The Morgan fingerprint density at radius 3 is 2.18 bits per heavy atom. The molecule has 1 heterocycles. The number of H-pyrrole nitrogens is 1. The first-order chi connectivity index (χ1) is 18.6. The predicted molar refractivity (Wildman–Crippen MR) is 145 cm³/mol. The normalized spacial score (nSPS) is 13.9. The van der Waals surface area contributed by atoms with E-state index in [-0.39, 0.29) is 32.1 Å². The summed E-state index contributed by atoms with van der Waals surface area (Å²) in [5, 5.41) is 17.1. The third-order valence-corrected chi connectivity index (χ3v) is 6.43. The van der Waals surface area contributed by atoms with E-state index in [0.717, 1.165) is 5.56 Å². The molecule has 0 aliphatic heterocycles. The van der Waals surface area contributed by atoms with Gasteiger partial charge in [-0.1, -0.05) is 30.3 Å². The number of carbonyl (C=O) groups is 5. The van der Waals surface area contributed by atoms with Gasteiger partial charge in [-0.3, -0.25) is 19.2 Å². The zero-order chi connectivity index (χ0) is 28.8. The quantitative estimate of drug-likeness (QED) is 0.127. The monoisotopic (exact) mass is 561 g/mol. The average molecular weight is 562 g/mol. The number of benzene rings is 1. The Balaban J connectivity index is 2.15. The van der Waals surface area contributed by atoms with Crippen molar-refractivity contribution < 1.29 is 29.1 Å². The van der Waals surface area contributed by atoms with Crippen molar-refractivity contribution in [2.45, 2.75) is 56.3 Å². The van der Waals surface area contributed by atoms with E-state index in [1.54, 1.807) is 0 Å². The summed E-state index contributed by atoms with van der Waals surface area (Å²) in [5.74, 6) is -3.50. The molecule has 13 nitrogen and oxygen atoms in total. The first-order valence-electron chi connectivity index (χ1n) is 12.3. The highest BCUT2D eigenvalue weighted by Gasteiger charge is 2.30. The van der Waals surface area contributed by atoms with Gasteiger partial charge in [-0.05, 0) is 36.8 Å². The van der Waals surface area contributed by atoms with Gasteiger partial charge in [-0.2, -0.15) is 11.8 Å². The molecule has 2 rings (SSSR count). The van der Waals surface area contributed by atoms with Crippen LogP contribution < -0.4 is 27.4 Å². The Kier molecular flexibility index (Phi) is 13.0. The smallest absolute Gasteiger partial charge is 0.326 e. The minimum Gasteiger partial charge on any atom is -0.480 e. The number of hydrogen-bond acceptors (Lipinski definition) is 8. The van der Waals surface area contributed by atoms with Crippen molar-refractivity contribution in [3.8, 4) is 0 Å². The number of amides is 4. The Labute approximate surface area is 230 Å². The van der Waals surface area contributed by atoms with Gasteiger partial charge in [0.1, 0.15) is 18.1 Å². The number of hydrogen-bond donors (Lipinski definition) is 7. The Morgan fingerprint density at radius 1 is 0.949 bits per heavy atom. The standard InChI is InChI=1S/C25H35N7O6S/c1-39-10-9-18(23(35)31-19(25(37)38)7-8-21(27)33)30-24(36)20(12-16-13-28-14-29-16)32-22(34)17(26)11-15-5-3-2-4-6-15/h2-6,13-14,17-20H,7-12,26H2,1H3,(H2,27,33)(H,28,29)(H,30,36)(H,31,35)(H,32,34)(H,37,38). The number of thioether (sulfide) groups is 1. The van der Waals surface area contributed by atoms with Gasteiger partial charge >= 0.3 is 5.97 Å². The van der Waals surface area contributed by atoms with E-state index in [9.17, 15) is 29.1 Å². The van der Waals surface area contributed by atoms with Crippen LogP contribution in [0.2, 0.25) is 0 Å². The molecule has 0 saturated heterocycles. The maximum Gasteiger partial charge on any atom is 0.326 e. The Morgan fingerprint density at radius 2 is 1.59 bits per heavy atom. The van der Waals surface area contributed by atoms with E-state index in [2.05, 4.69) is 25.9 Å². The minimum absolute atomic E-state index is 0.0445. The van der Waals surface area contributed by atoms with Gasteiger partial charge in [0.2, 0.25) is 23.6 Å². The zero-order valence-electron chi connectivity index (χ0n) is 21.6. The first-order valence-corrected chi connectivity index (χ1v) is 13.7. The van der Waals surface area contributed by atoms with Crippen LogP contribution in [0.4, 0.5) is 0 Å². The van der Waals surface area contributed by atoms with Crippen LogP contribution in [-0.4, -0.2) is 80.8 Å². The number of primary amides is 1. The van der Waals surface area contributed by atoms with E-state index in [4.69, 9.17) is 11.5 Å². The highest BCUT2D eigenvalue weighted by Crippen LogP contribution is 2.07. The Bertz CT molecular complexity index is 1100. The third-order valence-electron chi connectivity index (χ3n) is 5.78. The molecule has 0 bridgehead atoms. The lowest BCUT2D eigenvalue weighted by Crippen LogP contribution is -2.58. The molecule has 0 fully saturated rings. The summed E-state index contributed by atoms with van der Waals surface area (Å²) in [7, 11) is 0. The number of nitrogens with one attached hydrogen (secondary N) is 4. The van der Waals surface area contributed by atoms with Gasteiger partial charge in [0.25, 0.3) is 0 Å². The van der Waals surface area contributed by atoms with Gasteiger partial charge in [-0.15, -0.1) is 0 Å². The number of carboxylic acids is 1. The summed E-state index contributed by atoms with van der Waals surface area (Å²) in [6.45, 7) is 0. The predicted octanol–water partition coefficient (Wildman–Crippen LogP) is -0.920.